The number of methoxy groups -OCH3 is 1. The van der Waals surface area contributed by atoms with Gasteiger partial charge in [0.05, 0.1) is 13.2 Å². The number of carbonyl (C=O) groups excluding carboxylic acids is 2. The lowest BCUT2D eigenvalue weighted by Gasteiger charge is -2.30. The van der Waals surface area contributed by atoms with Gasteiger partial charge in [0, 0.05) is 16.9 Å². The van der Waals surface area contributed by atoms with Crippen molar-refractivity contribution in [2.75, 3.05) is 18.7 Å². The molecule has 1 aliphatic carbocycles. The van der Waals surface area contributed by atoms with Crippen molar-refractivity contribution in [2.24, 2.45) is 5.92 Å². The molecule has 7 nitrogen and oxygen atoms in total. The maximum atomic E-state index is 12.9. The van der Waals surface area contributed by atoms with E-state index in [-0.39, 0.29) is 23.1 Å². The Morgan fingerprint density at radius 2 is 1.87 bits per heavy atom. The second-order valence-electron chi connectivity index (χ2n) is 9.99. The molecular formula is C29H39N3O4S2. The highest BCUT2D eigenvalue weighted by Gasteiger charge is 2.28. The SMILES string of the molecule is COc1ccc(CC(SNC(=O)[C@@H](C)NC(=O)[C@@H]2CSCN2)C2CCCCC2)cc1OCc1ccccc1. The van der Waals surface area contributed by atoms with Crippen molar-refractivity contribution < 1.29 is 19.1 Å². The topological polar surface area (TPSA) is 88.7 Å². The van der Waals surface area contributed by atoms with Crippen molar-refractivity contribution in [1.29, 1.82) is 0 Å². The molecule has 2 aromatic carbocycles. The minimum atomic E-state index is -0.589. The number of carbonyl (C=O) groups is 2. The first-order valence-corrected chi connectivity index (χ1v) is 15.5. The third-order valence-electron chi connectivity index (χ3n) is 7.17. The number of rotatable bonds is 12. The van der Waals surface area contributed by atoms with Crippen LogP contribution in [0.4, 0.5) is 0 Å². The summed E-state index contributed by atoms with van der Waals surface area (Å²) in [5, 5.41) is 6.23. The molecule has 1 unspecified atom stereocenters. The maximum Gasteiger partial charge on any atom is 0.252 e. The molecule has 4 rings (SSSR count). The molecule has 206 valence electrons. The zero-order valence-corrected chi connectivity index (χ0v) is 23.9. The number of amides is 2. The number of thioether (sulfide) groups is 1. The number of hydrogen-bond donors (Lipinski definition) is 3. The third kappa shape index (κ3) is 8.32. The van der Waals surface area contributed by atoms with Crippen LogP contribution in [0.15, 0.2) is 48.5 Å². The van der Waals surface area contributed by atoms with E-state index in [0.717, 1.165) is 34.9 Å². The summed E-state index contributed by atoms with van der Waals surface area (Å²) >= 11 is 3.19. The lowest BCUT2D eigenvalue weighted by atomic mass is 9.85. The summed E-state index contributed by atoms with van der Waals surface area (Å²) in [5.41, 5.74) is 2.25. The smallest absolute Gasteiger partial charge is 0.252 e. The van der Waals surface area contributed by atoms with Crippen LogP contribution in [-0.2, 0) is 22.6 Å². The van der Waals surface area contributed by atoms with Gasteiger partial charge in [0.2, 0.25) is 5.91 Å². The van der Waals surface area contributed by atoms with Crippen molar-refractivity contribution in [2.45, 2.75) is 69.4 Å². The van der Waals surface area contributed by atoms with E-state index in [4.69, 9.17) is 9.47 Å². The van der Waals surface area contributed by atoms with Gasteiger partial charge in [-0.2, -0.15) is 0 Å². The van der Waals surface area contributed by atoms with Gasteiger partial charge < -0.3 is 14.8 Å². The molecule has 0 radical (unpaired) electrons. The van der Waals surface area contributed by atoms with Crippen LogP contribution < -0.4 is 24.8 Å². The molecule has 1 aliphatic heterocycles. The molecular weight excluding hydrogens is 518 g/mol. The lowest BCUT2D eigenvalue weighted by Crippen LogP contribution is -2.50. The summed E-state index contributed by atoms with van der Waals surface area (Å²) in [4.78, 5) is 25.3. The molecule has 2 amide bonds. The van der Waals surface area contributed by atoms with Crippen molar-refractivity contribution in [1.82, 2.24) is 15.4 Å². The molecule has 1 saturated carbocycles. The first-order valence-electron chi connectivity index (χ1n) is 13.4. The Labute approximate surface area is 234 Å². The second kappa shape index (κ2) is 14.7. The number of hydrogen-bond acceptors (Lipinski definition) is 7. The van der Waals surface area contributed by atoms with E-state index in [1.54, 1.807) is 25.8 Å². The van der Waals surface area contributed by atoms with Crippen molar-refractivity contribution in [3.63, 3.8) is 0 Å². The minimum absolute atomic E-state index is 0.118. The van der Waals surface area contributed by atoms with E-state index in [2.05, 4.69) is 27.5 Å². The van der Waals surface area contributed by atoms with Gasteiger partial charge in [-0.1, -0.05) is 55.7 Å². The zero-order chi connectivity index (χ0) is 26.7. The monoisotopic (exact) mass is 557 g/mol. The average molecular weight is 558 g/mol. The second-order valence-corrected chi connectivity index (χ2v) is 12.1. The molecule has 9 heteroatoms. The number of ether oxygens (including phenoxy) is 2. The summed E-state index contributed by atoms with van der Waals surface area (Å²) in [6.07, 6.45) is 6.87. The predicted molar refractivity (Wildman–Crippen MR) is 155 cm³/mol. The summed E-state index contributed by atoms with van der Waals surface area (Å²) < 4.78 is 14.8. The van der Waals surface area contributed by atoms with Gasteiger partial charge in [-0.3, -0.25) is 19.6 Å². The molecule has 1 heterocycles. The molecule has 0 bridgehead atoms. The van der Waals surface area contributed by atoms with Gasteiger partial charge in [0.1, 0.15) is 12.6 Å². The Hall–Kier alpha value is -2.36. The van der Waals surface area contributed by atoms with Crippen LogP contribution in [0.3, 0.4) is 0 Å². The molecule has 2 aromatic rings. The zero-order valence-electron chi connectivity index (χ0n) is 22.2. The van der Waals surface area contributed by atoms with E-state index >= 15 is 0 Å². The first kappa shape index (κ1) is 28.6. The van der Waals surface area contributed by atoms with E-state index < -0.39 is 6.04 Å². The van der Waals surface area contributed by atoms with Gasteiger partial charge in [0.25, 0.3) is 5.91 Å². The molecule has 38 heavy (non-hydrogen) atoms. The largest absolute Gasteiger partial charge is 0.493 e. The number of benzene rings is 2. The van der Waals surface area contributed by atoms with E-state index in [9.17, 15) is 9.59 Å². The Balaban J connectivity index is 1.39. The predicted octanol–water partition coefficient (Wildman–Crippen LogP) is 4.70. The van der Waals surface area contributed by atoms with Crippen LogP contribution >= 0.6 is 23.7 Å². The van der Waals surface area contributed by atoms with Gasteiger partial charge in [0.15, 0.2) is 11.5 Å². The van der Waals surface area contributed by atoms with Crippen LogP contribution in [0.25, 0.3) is 0 Å². The Kier molecular flexibility index (Phi) is 11.1. The Morgan fingerprint density at radius 1 is 1.08 bits per heavy atom. The van der Waals surface area contributed by atoms with Crippen LogP contribution in [0.5, 0.6) is 11.5 Å². The molecule has 2 aliphatic rings. The number of nitrogens with one attached hydrogen (secondary N) is 3. The van der Waals surface area contributed by atoms with Crippen molar-refractivity contribution in [3.8, 4) is 11.5 Å². The van der Waals surface area contributed by atoms with Crippen LogP contribution in [0.1, 0.15) is 50.2 Å². The standard InChI is InChI=1S/C29H39N3O4S2/c1-20(31-29(34)24-18-37-19-30-24)28(33)32-38-27(23-11-7-4-8-12-23)16-22-13-14-25(35-2)26(15-22)36-17-21-9-5-3-6-10-21/h3,5-6,9-10,13-15,20,23-24,27,30H,4,7-8,11-12,16-19H2,1-2H3,(H,31,34)(H,32,33)/t20-,24+,27?/m1/s1. The molecule has 0 aromatic heterocycles. The van der Waals surface area contributed by atoms with Crippen molar-refractivity contribution in [3.05, 3.63) is 59.7 Å². The van der Waals surface area contributed by atoms with Gasteiger partial charge in [-0.25, -0.2) is 0 Å². The fourth-order valence-electron chi connectivity index (χ4n) is 4.90. The molecule has 3 atom stereocenters. The summed E-state index contributed by atoms with van der Waals surface area (Å²) in [7, 11) is 1.65. The summed E-state index contributed by atoms with van der Waals surface area (Å²) in [6.45, 7) is 2.21. The minimum Gasteiger partial charge on any atom is -0.493 e. The highest BCUT2D eigenvalue weighted by atomic mass is 32.2. The Bertz CT molecular complexity index is 1040. The maximum absolute atomic E-state index is 12.9. The third-order valence-corrected chi connectivity index (χ3v) is 9.29. The van der Waals surface area contributed by atoms with Gasteiger partial charge >= 0.3 is 0 Å². The van der Waals surface area contributed by atoms with Crippen LogP contribution in [-0.4, -0.2) is 47.9 Å². The lowest BCUT2D eigenvalue weighted by molar-refractivity contribution is -0.128. The first-order chi connectivity index (χ1) is 18.5. The van der Waals surface area contributed by atoms with E-state index in [1.165, 1.54) is 44.1 Å². The van der Waals surface area contributed by atoms with Gasteiger partial charge in [-0.15, -0.1) is 11.8 Å². The average Bonchev–Trinajstić information content (AvgIpc) is 3.50. The summed E-state index contributed by atoms with van der Waals surface area (Å²) in [6, 6.07) is 15.4. The normalized spacial score (nSPS) is 19.4. The fraction of sp³-hybridized carbons (Fsp3) is 0.517. The van der Waals surface area contributed by atoms with E-state index in [1.807, 2.05) is 36.4 Å². The summed E-state index contributed by atoms with van der Waals surface area (Å²) in [5.74, 6) is 3.16. The molecule has 0 spiro atoms. The molecule has 2 fully saturated rings. The van der Waals surface area contributed by atoms with Crippen molar-refractivity contribution >= 4 is 35.5 Å². The molecule has 1 saturated heterocycles. The van der Waals surface area contributed by atoms with E-state index in [0.29, 0.717) is 18.3 Å². The van der Waals surface area contributed by atoms with Crippen LogP contribution in [0.2, 0.25) is 0 Å². The highest BCUT2D eigenvalue weighted by molar-refractivity contribution is 7.99. The molecule has 3 N–H and O–H groups in total. The quantitative estimate of drug-likeness (QED) is 0.326. The van der Waals surface area contributed by atoms with Gasteiger partial charge in [-0.05, 0) is 67.3 Å². The fourth-order valence-corrected chi connectivity index (χ4v) is 7.03. The Morgan fingerprint density at radius 3 is 2.58 bits per heavy atom. The van der Waals surface area contributed by atoms with Crippen LogP contribution in [0, 0.1) is 5.92 Å². The highest BCUT2D eigenvalue weighted by Crippen LogP contribution is 2.36.